The minimum atomic E-state index is -0.644. The molecule has 0 radical (unpaired) electrons. The van der Waals surface area contributed by atoms with Crippen LogP contribution >= 0.6 is 0 Å². The zero-order valence-corrected chi connectivity index (χ0v) is 20.3. The highest BCUT2D eigenvalue weighted by Crippen LogP contribution is 2.67. The summed E-state index contributed by atoms with van der Waals surface area (Å²) in [7, 11) is 0. The topological polar surface area (TPSA) is 78.6 Å². The molecule has 1 saturated carbocycles. The van der Waals surface area contributed by atoms with Gasteiger partial charge in [-0.15, -0.1) is 0 Å². The molecule has 0 N–H and O–H groups in total. The molecular formula is C29H31NO5. The minimum Gasteiger partial charge on any atom is -0.482 e. The van der Waals surface area contributed by atoms with Crippen LogP contribution < -0.4 is 10.4 Å². The van der Waals surface area contributed by atoms with E-state index in [-0.39, 0.29) is 28.3 Å². The van der Waals surface area contributed by atoms with Crippen molar-refractivity contribution in [1.29, 1.82) is 0 Å². The van der Waals surface area contributed by atoms with E-state index in [4.69, 9.17) is 13.9 Å². The quantitative estimate of drug-likeness (QED) is 0.437. The van der Waals surface area contributed by atoms with Crippen molar-refractivity contribution < 1.29 is 18.7 Å². The summed E-state index contributed by atoms with van der Waals surface area (Å²) in [6, 6.07) is 5.52. The Bertz CT molecular complexity index is 1280. The van der Waals surface area contributed by atoms with Crippen LogP contribution in [0.5, 0.6) is 5.75 Å². The van der Waals surface area contributed by atoms with E-state index < -0.39 is 5.60 Å². The average Bonchev–Trinajstić information content (AvgIpc) is 3.23. The summed E-state index contributed by atoms with van der Waals surface area (Å²) < 4.78 is 18.2. The number of hydrogen-bond donors (Lipinski definition) is 0. The number of hydrogen-bond acceptors (Lipinski definition) is 6. The summed E-state index contributed by atoms with van der Waals surface area (Å²) >= 11 is 0. The first-order chi connectivity index (χ1) is 16.8. The molecule has 6 heteroatoms. The maximum atomic E-state index is 13.1. The molecule has 35 heavy (non-hydrogen) atoms. The molecule has 4 aliphatic rings. The molecule has 4 heterocycles. The molecule has 2 spiro atoms. The van der Waals surface area contributed by atoms with Gasteiger partial charge in [-0.05, 0) is 62.7 Å². The number of rotatable bonds is 2. The zero-order valence-electron chi connectivity index (χ0n) is 20.3. The molecule has 2 aromatic heterocycles. The summed E-state index contributed by atoms with van der Waals surface area (Å²) in [6.07, 6.45) is 12.3. The smallest absolute Gasteiger partial charge is 0.343 e. The van der Waals surface area contributed by atoms with Crippen molar-refractivity contribution in [3.63, 3.8) is 0 Å². The summed E-state index contributed by atoms with van der Waals surface area (Å²) in [5, 5.41) is 0. The minimum absolute atomic E-state index is 0.116. The number of esters is 1. The Morgan fingerprint density at radius 1 is 1.26 bits per heavy atom. The number of fused-ring (bicyclic) bond motifs is 4. The van der Waals surface area contributed by atoms with Crippen LogP contribution in [-0.4, -0.2) is 23.2 Å². The lowest BCUT2D eigenvalue weighted by Gasteiger charge is -2.63. The molecular weight excluding hydrogens is 442 g/mol. The molecule has 6 rings (SSSR count). The number of pyridine rings is 1. The first kappa shape index (κ1) is 22.3. The fourth-order valence-electron chi connectivity index (χ4n) is 7.66. The van der Waals surface area contributed by atoms with Gasteiger partial charge in [-0.2, -0.15) is 0 Å². The van der Waals surface area contributed by atoms with Crippen LogP contribution in [0.2, 0.25) is 0 Å². The molecule has 0 aromatic carbocycles. The fraction of sp³-hybridized carbons (Fsp3) is 0.483. The van der Waals surface area contributed by atoms with E-state index in [2.05, 4.69) is 37.6 Å². The third kappa shape index (κ3) is 3.11. The number of allylic oxidation sites excluding steroid dienone is 2. The molecule has 0 bridgehead atoms. The third-order valence-corrected chi connectivity index (χ3v) is 9.41. The van der Waals surface area contributed by atoms with Crippen LogP contribution in [0.4, 0.5) is 0 Å². The predicted octanol–water partition coefficient (Wildman–Crippen LogP) is 5.27. The number of carbonyl (C=O) groups is 1. The van der Waals surface area contributed by atoms with Crippen molar-refractivity contribution >= 4 is 5.97 Å². The standard InChI is InChI=1S/C29H31NO5/c1-18(2)21-8-11-27(3)24(28(21)12-9-25(31)33-17-28)7-4-10-29(27)15-20-23(35-29)14-22(34-26(20)32)19-6-5-13-30-16-19/h4-6,10,13-14,16,21,24H,1,7-9,11-12,15,17H2,2-3H3/t21-,24-,27+,28+,29+/m0/s1. The maximum Gasteiger partial charge on any atom is 0.343 e. The van der Waals surface area contributed by atoms with Crippen LogP contribution in [0.15, 0.2) is 64.1 Å². The van der Waals surface area contributed by atoms with E-state index in [1.807, 2.05) is 18.2 Å². The first-order valence-corrected chi connectivity index (χ1v) is 12.5. The van der Waals surface area contributed by atoms with Crippen LogP contribution in [-0.2, 0) is 16.0 Å². The second-order valence-corrected chi connectivity index (χ2v) is 11.1. The molecule has 182 valence electrons. The number of aromatic nitrogens is 1. The van der Waals surface area contributed by atoms with Gasteiger partial charge in [-0.1, -0.05) is 25.2 Å². The van der Waals surface area contributed by atoms with Gasteiger partial charge in [0.1, 0.15) is 17.1 Å². The van der Waals surface area contributed by atoms with Gasteiger partial charge in [0.2, 0.25) is 0 Å². The maximum absolute atomic E-state index is 13.1. The van der Waals surface area contributed by atoms with Gasteiger partial charge in [0, 0.05) is 47.7 Å². The second kappa shape index (κ2) is 7.67. The largest absolute Gasteiger partial charge is 0.482 e. The van der Waals surface area contributed by atoms with Crippen LogP contribution in [0.1, 0.15) is 51.5 Å². The zero-order chi connectivity index (χ0) is 24.4. The number of cyclic esters (lactones) is 1. The first-order valence-electron chi connectivity index (χ1n) is 12.5. The van der Waals surface area contributed by atoms with Gasteiger partial charge >= 0.3 is 11.6 Å². The highest BCUT2D eigenvalue weighted by molar-refractivity contribution is 5.70. The van der Waals surface area contributed by atoms with Gasteiger partial charge in [0.05, 0.1) is 12.2 Å². The molecule has 5 atom stereocenters. The summed E-state index contributed by atoms with van der Waals surface area (Å²) in [5.74, 6) is 1.47. The highest BCUT2D eigenvalue weighted by Gasteiger charge is 2.66. The van der Waals surface area contributed by atoms with Crippen LogP contribution in [0.3, 0.4) is 0 Å². The van der Waals surface area contributed by atoms with Gasteiger partial charge in [0.15, 0.2) is 0 Å². The Kier molecular flexibility index (Phi) is 4.89. The van der Waals surface area contributed by atoms with E-state index in [0.29, 0.717) is 42.4 Å². The molecule has 0 amide bonds. The number of carbonyl (C=O) groups excluding carboxylic acids is 1. The molecule has 1 saturated heterocycles. The summed E-state index contributed by atoms with van der Waals surface area (Å²) in [6.45, 7) is 9.17. The lowest BCUT2D eigenvalue weighted by atomic mass is 9.43. The van der Waals surface area contributed by atoms with Crippen molar-refractivity contribution in [3.05, 3.63) is 70.9 Å². The molecule has 2 fully saturated rings. The van der Waals surface area contributed by atoms with Crippen molar-refractivity contribution in [2.75, 3.05) is 6.61 Å². The Balaban J connectivity index is 1.42. The Morgan fingerprint density at radius 2 is 2.11 bits per heavy atom. The molecule has 6 nitrogen and oxygen atoms in total. The summed E-state index contributed by atoms with van der Waals surface area (Å²) in [4.78, 5) is 29.3. The van der Waals surface area contributed by atoms with Gasteiger partial charge in [-0.3, -0.25) is 9.78 Å². The second-order valence-electron chi connectivity index (χ2n) is 11.1. The molecule has 0 unspecified atom stereocenters. The fourth-order valence-corrected chi connectivity index (χ4v) is 7.66. The van der Waals surface area contributed by atoms with Crippen LogP contribution in [0.25, 0.3) is 11.3 Å². The van der Waals surface area contributed by atoms with Crippen molar-refractivity contribution in [2.24, 2.45) is 22.7 Å². The van der Waals surface area contributed by atoms with E-state index >= 15 is 0 Å². The average molecular weight is 474 g/mol. The summed E-state index contributed by atoms with van der Waals surface area (Å²) in [5.41, 5.74) is 1.08. The Morgan fingerprint density at radius 3 is 2.83 bits per heavy atom. The van der Waals surface area contributed by atoms with Crippen molar-refractivity contribution in [1.82, 2.24) is 4.98 Å². The van der Waals surface area contributed by atoms with E-state index in [1.165, 1.54) is 0 Å². The SMILES string of the molecule is C=C(C)[C@@H]1CC[C@]2(C)[C@H](CC=C[C@@]23Cc2c(cc(-c4cccnc4)oc2=O)O3)[C@@]12CCC(=O)OC2. The van der Waals surface area contributed by atoms with Gasteiger partial charge in [0.25, 0.3) is 0 Å². The normalized spacial score (nSPS) is 35.3. The van der Waals surface area contributed by atoms with E-state index in [9.17, 15) is 9.59 Å². The Labute approximate surface area is 205 Å². The lowest BCUT2D eigenvalue weighted by Crippen LogP contribution is -2.64. The number of nitrogens with zero attached hydrogens (tertiary/aromatic N) is 1. The number of ether oxygens (including phenoxy) is 2. The van der Waals surface area contributed by atoms with Crippen molar-refractivity contribution in [2.45, 2.75) is 58.0 Å². The Hall–Kier alpha value is -3.15. The third-order valence-electron chi connectivity index (χ3n) is 9.41. The van der Waals surface area contributed by atoms with Crippen LogP contribution in [0, 0.1) is 22.7 Å². The molecule has 2 aromatic rings. The molecule has 2 aliphatic carbocycles. The van der Waals surface area contributed by atoms with E-state index in [1.54, 1.807) is 12.4 Å². The lowest BCUT2D eigenvalue weighted by molar-refractivity contribution is -0.190. The monoisotopic (exact) mass is 473 g/mol. The van der Waals surface area contributed by atoms with E-state index in [0.717, 1.165) is 36.8 Å². The highest BCUT2D eigenvalue weighted by atomic mass is 16.5. The molecule has 2 aliphatic heterocycles. The van der Waals surface area contributed by atoms with Crippen molar-refractivity contribution in [3.8, 4) is 17.1 Å². The van der Waals surface area contributed by atoms with Gasteiger partial charge < -0.3 is 13.9 Å². The van der Waals surface area contributed by atoms with Gasteiger partial charge in [-0.25, -0.2) is 4.79 Å². The predicted molar refractivity (Wildman–Crippen MR) is 131 cm³/mol.